The van der Waals surface area contributed by atoms with Crippen LogP contribution in [0.3, 0.4) is 0 Å². The number of ether oxygens (including phenoxy) is 2. The third kappa shape index (κ3) is 44.0. The zero-order chi connectivity index (χ0) is 106. The second kappa shape index (κ2) is 66.1. The first-order chi connectivity index (χ1) is 70.1. The van der Waals surface area contributed by atoms with E-state index in [0.717, 1.165) is 28.3 Å². The first-order valence-corrected chi connectivity index (χ1v) is 52.2. The molecule has 7 rings (SSSR count). The number of nitrogens with zero attached hydrogens (tertiary/aromatic N) is 5. The number of aromatic nitrogens is 5. The normalized spacial score (nSPS) is 14.1. The molecule has 42 nitrogen and oxygen atoms in total. The standard InChI is InChI=1S/C104H162N24O18/c1-9-11-12-13-14-15-16-17-18-19-20-21-22-23-24-25-26-36-88(131)112-47-53-145-55-56-146-54-48-113-90(133)44-43-89(132)111-45-30-29-34-81(119-100(141)92(106)70(7)10-2)103(144)127-51-49-126(50-52-127)74-39-42-79-77(61-74)102(143)128(67-117-79)65-91(134)118-80(35-31-46-114-104(107)108)94(135)123-85(60-73-64-110-66-116-73)97(138)121-83(58-71-37-40-75(129)41-38-71)96(137)120-82(57-68(3)4)95(136)124-86(62-87(105)130)98(139)122-84(99(140)125-93(69(5)6)101(142)109-8)59-72-63-115-78-33-28-27-32-76(72)78/h27-28,32-33,37-42,61,63-64,66-70,80-86,92-93,115,129H,9-26,29-31,34-36,43-60,62,65,106H2,1-8H3,(H2,105,130)(H,109,142)(H,110,116)(H,111,132)(H,112,131)(H,113,133)(H,118,134)(H,119,141)(H,120,137)(H,121,138)(H,122,139)(H,123,135)(H,124,136)(H,125,140)(H4,107,108,114)/t70-,80-,81-,82-,83-,84-,85-,86-,92-,93-/m0/s1. The van der Waals surface area contributed by atoms with E-state index in [-0.39, 0.29) is 150 Å². The molecule has 3 aromatic carbocycles. The van der Waals surface area contributed by atoms with Crippen LogP contribution in [-0.2, 0) is 102 Å². The third-order valence-corrected chi connectivity index (χ3v) is 26.0. The molecule has 1 saturated heterocycles. The largest absolute Gasteiger partial charge is 0.508 e. The summed E-state index contributed by atoms with van der Waals surface area (Å²) in [6, 6.07) is 5.79. The Hall–Kier alpha value is -13.1. The number of H-pyrrole nitrogens is 2. The van der Waals surface area contributed by atoms with Crippen LogP contribution in [-0.4, -0.2) is 263 Å². The van der Waals surface area contributed by atoms with Gasteiger partial charge in [-0.15, -0.1) is 0 Å². The number of anilines is 1. The minimum Gasteiger partial charge on any atom is -0.508 e. The molecular formula is C104H162N24O18. The average molecular weight is 2040 g/mol. The Balaban J connectivity index is 0.907. The smallest absolute Gasteiger partial charge is 0.261 e. The van der Waals surface area contributed by atoms with Crippen LogP contribution in [0.25, 0.3) is 21.8 Å². The van der Waals surface area contributed by atoms with Crippen LogP contribution in [0.15, 0.2) is 96.6 Å². The fraction of sp³-hybridized carbons (Fsp3) is 0.615. The molecule has 1 aliphatic heterocycles. The summed E-state index contributed by atoms with van der Waals surface area (Å²) in [6.45, 7) is 15.6. The molecule has 1 fully saturated rings. The number of primary amides is 1. The number of guanidine groups is 1. The molecule has 4 heterocycles. The summed E-state index contributed by atoms with van der Waals surface area (Å²) < 4.78 is 12.2. The zero-order valence-corrected chi connectivity index (χ0v) is 86.6. The number of hydrogen-bond donors (Lipinski definition) is 20. The van der Waals surface area contributed by atoms with Crippen molar-refractivity contribution in [3.63, 3.8) is 0 Å². The molecule has 806 valence electrons. The van der Waals surface area contributed by atoms with Crippen molar-refractivity contribution in [1.82, 2.24) is 98.5 Å². The van der Waals surface area contributed by atoms with Crippen LogP contribution in [0.5, 0.6) is 5.75 Å². The number of piperazine rings is 1. The number of imidazole rings is 1. The first-order valence-electron chi connectivity index (χ1n) is 52.2. The highest BCUT2D eigenvalue weighted by molar-refractivity contribution is 6.00. The number of carbonyl (C=O) groups is 14. The Kier molecular flexibility index (Phi) is 54.2. The van der Waals surface area contributed by atoms with Crippen LogP contribution in [0, 0.1) is 23.2 Å². The lowest BCUT2D eigenvalue weighted by molar-refractivity contribution is -0.137. The number of para-hydroxylation sites is 1. The van der Waals surface area contributed by atoms with Gasteiger partial charge in [-0.3, -0.25) is 81.9 Å². The molecule has 6 aromatic rings. The second-order valence-electron chi connectivity index (χ2n) is 38.6. The van der Waals surface area contributed by atoms with Crippen molar-refractivity contribution < 1.29 is 81.7 Å². The topological polar surface area (TPSA) is 622 Å². The number of hydrogen-bond acceptors (Lipinski definition) is 23. The molecule has 14 amide bonds. The summed E-state index contributed by atoms with van der Waals surface area (Å²) in [5.74, 6) is -10.8. The number of benzene rings is 3. The number of unbranched alkanes of at least 4 members (excludes halogenated alkanes) is 17. The van der Waals surface area contributed by atoms with Gasteiger partial charge in [0.15, 0.2) is 5.96 Å². The minimum absolute atomic E-state index is 0.0335. The fourth-order valence-corrected chi connectivity index (χ4v) is 17.2. The molecule has 10 atom stereocenters. The monoisotopic (exact) mass is 2040 g/mol. The van der Waals surface area contributed by atoms with Gasteiger partial charge in [-0.05, 0) is 110 Å². The van der Waals surface area contributed by atoms with Gasteiger partial charge in [-0.2, -0.15) is 0 Å². The lowest BCUT2D eigenvalue weighted by Crippen LogP contribution is -2.61. The lowest BCUT2D eigenvalue weighted by atomic mass is 9.98. The first kappa shape index (κ1) is 120. The van der Waals surface area contributed by atoms with E-state index < -0.39 is 138 Å². The number of likely N-dealkylation sites (N-methyl/N-ethyl adjacent to an activating group) is 1. The number of rotatable bonds is 72. The molecule has 146 heavy (non-hydrogen) atoms. The molecule has 3 aromatic heterocycles. The molecule has 23 N–H and O–H groups in total. The Morgan fingerprint density at radius 1 is 0.507 bits per heavy atom. The highest BCUT2D eigenvalue weighted by Crippen LogP contribution is 2.25. The highest BCUT2D eigenvalue weighted by Gasteiger charge is 2.38. The van der Waals surface area contributed by atoms with Crippen molar-refractivity contribution in [2.24, 2.45) is 35.0 Å². The van der Waals surface area contributed by atoms with E-state index in [1.807, 2.05) is 30.9 Å². The Morgan fingerprint density at radius 2 is 1.03 bits per heavy atom. The van der Waals surface area contributed by atoms with Gasteiger partial charge in [-0.25, -0.2) is 9.97 Å². The van der Waals surface area contributed by atoms with E-state index in [9.17, 15) is 67.4 Å². The zero-order valence-electron chi connectivity index (χ0n) is 86.6. The molecule has 0 spiro atoms. The van der Waals surface area contributed by atoms with Crippen LogP contribution in [0.1, 0.15) is 245 Å². The maximum atomic E-state index is 15.1. The molecule has 0 bridgehead atoms. The summed E-state index contributed by atoms with van der Waals surface area (Å²) >= 11 is 0. The average Bonchev–Trinajstić information content (AvgIpc) is 1.05. The summed E-state index contributed by atoms with van der Waals surface area (Å²) in [5, 5.41) is 54.3. The van der Waals surface area contributed by atoms with Crippen LogP contribution in [0.2, 0.25) is 0 Å². The number of nitrogens with two attached hydrogens (primary N) is 3. The van der Waals surface area contributed by atoms with E-state index in [1.165, 1.54) is 146 Å². The summed E-state index contributed by atoms with van der Waals surface area (Å²) in [4.78, 5) is 228. The Bertz CT molecular complexity index is 5160. The second-order valence-corrected chi connectivity index (χ2v) is 38.6. The predicted molar refractivity (Wildman–Crippen MR) is 558 cm³/mol. The number of fused-ring (bicyclic) bond motifs is 2. The van der Waals surface area contributed by atoms with E-state index in [2.05, 4.69) is 96.0 Å². The van der Waals surface area contributed by atoms with E-state index in [0.29, 0.717) is 93.2 Å². The fourth-order valence-electron chi connectivity index (χ4n) is 17.2. The lowest BCUT2D eigenvalue weighted by Gasteiger charge is -2.38. The number of amides is 14. The molecule has 1 aliphatic rings. The summed E-state index contributed by atoms with van der Waals surface area (Å²) in [5.41, 5.74) is 20.0. The van der Waals surface area contributed by atoms with Gasteiger partial charge in [0.05, 0.1) is 62.4 Å². The van der Waals surface area contributed by atoms with Crippen LogP contribution >= 0.6 is 0 Å². The Labute approximate surface area is 856 Å². The van der Waals surface area contributed by atoms with Gasteiger partial charge >= 0.3 is 0 Å². The molecule has 0 aliphatic carbocycles. The van der Waals surface area contributed by atoms with Crippen molar-refractivity contribution in [2.45, 2.75) is 308 Å². The number of phenols is 1. The number of aromatic amines is 2. The van der Waals surface area contributed by atoms with Crippen molar-refractivity contribution in [3.05, 3.63) is 119 Å². The van der Waals surface area contributed by atoms with Gasteiger partial charge in [0, 0.05) is 133 Å². The maximum Gasteiger partial charge on any atom is 0.261 e. The predicted octanol–water partition coefficient (Wildman–Crippen LogP) is 4.90. The van der Waals surface area contributed by atoms with Crippen LogP contribution in [0.4, 0.5) is 5.69 Å². The number of aromatic hydroxyl groups is 1. The quantitative estimate of drug-likeness (QED) is 0.0137. The summed E-state index contributed by atoms with van der Waals surface area (Å²) in [7, 11) is 1.41. The molecule has 0 saturated carbocycles. The van der Waals surface area contributed by atoms with E-state index in [1.54, 1.807) is 69.1 Å². The van der Waals surface area contributed by atoms with Crippen molar-refractivity contribution in [1.29, 1.82) is 5.41 Å². The van der Waals surface area contributed by atoms with E-state index >= 15 is 9.59 Å². The number of carbonyl (C=O) groups excluding carboxylic acids is 14. The number of nitrogens with one attached hydrogen (secondary N) is 16. The van der Waals surface area contributed by atoms with E-state index in [4.69, 9.17) is 32.1 Å². The van der Waals surface area contributed by atoms with Crippen molar-refractivity contribution in [3.8, 4) is 5.75 Å². The highest BCUT2D eigenvalue weighted by atomic mass is 16.5. The van der Waals surface area contributed by atoms with Crippen LogP contribution < -0.4 is 96.8 Å². The van der Waals surface area contributed by atoms with Gasteiger partial charge in [-0.1, -0.05) is 188 Å². The molecule has 0 radical (unpaired) electrons. The SMILES string of the molecule is CCCCCCCCCCCCCCCCCCCC(=O)NCCOCCOCCNC(=O)CCC(=O)NCCCC[C@H](NC(=O)[C@@H](N)[C@@H](C)CC)C(=O)N1CCN(c2ccc3ncn(CC(=O)N[C@@H](CCCNC(=N)N)C(=O)N[C@@H](Cc4cnc[nH]4)C(=O)N[C@@H](Cc4ccc(O)cc4)C(=O)N[C@@H](CC(C)C)C(=O)N[C@@H](CC(N)=O)C(=O)N[C@@H](Cc4c[nH]c5ccccc45)C(=O)N[C@H](C(=O)NC)C(C)C)c(=O)c3c2)CC1. The van der Waals surface area contributed by atoms with Crippen molar-refractivity contribution >= 4 is 116 Å². The van der Waals surface area contributed by atoms with Gasteiger partial charge < -0.3 is 121 Å². The third-order valence-electron chi connectivity index (χ3n) is 26.0. The molecule has 0 unspecified atom stereocenters. The summed E-state index contributed by atoms with van der Waals surface area (Å²) in [6.07, 6.45) is 28.1. The minimum atomic E-state index is -1.75. The molecular weight excluding hydrogens is 1870 g/mol. The molecule has 42 heteroatoms. The van der Waals surface area contributed by atoms with Gasteiger partial charge in [0.1, 0.15) is 60.6 Å². The van der Waals surface area contributed by atoms with Gasteiger partial charge in [0.25, 0.3) is 5.56 Å². The van der Waals surface area contributed by atoms with Crippen molar-refractivity contribution in [2.75, 3.05) is 90.7 Å². The number of phenolic OH excluding ortho intramolecular Hbond substituents is 1. The maximum absolute atomic E-state index is 15.1. The Morgan fingerprint density at radius 3 is 1.61 bits per heavy atom. The van der Waals surface area contributed by atoms with Gasteiger partial charge in [0.2, 0.25) is 82.7 Å².